The number of hydrogen-bond acceptors (Lipinski definition) is 5. The summed E-state index contributed by atoms with van der Waals surface area (Å²) < 4.78 is 5.57. The molecule has 0 saturated carbocycles. The Morgan fingerprint density at radius 2 is 0.939 bits per heavy atom. The summed E-state index contributed by atoms with van der Waals surface area (Å²) in [6.45, 7) is 6.46. The number of ether oxygens (including phenoxy) is 1. The molecule has 290 valence electrons. The van der Waals surface area contributed by atoms with E-state index in [1.54, 1.807) is 0 Å². The van der Waals surface area contributed by atoms with Gasteiger partial charge < -0.3 is 26.6 Å². The van der Waals surface area contributed by atoms with Gasteiger partial charge >= 0.3 is 5.97 Å². The number of carbonyl (C=O) groups excluding carboxylic acids is 2. The van der Waals surface area contributed by atoms with Crippen LogP contribution in [0.2, 0.25) is 0 Å². The summed E-state index contributed by atoms with van der Waals surface area (Å²) in [5, 5.41) is 10.3. The Morgan fingerprint density at radius 3 is 1.31 bits per heavy atom. The van der Waals surface area contributed by atoms with E-state index in [2.05, 4.69) is 24.2 Å². The van der Waals surface area contributed by atoms with Gasteiger partial charge in [-0.2, -0.15) is 0 Å². The molecule has 1 amide bonds. The van der Waals surface area contributed by atoms with Crippen LogP contribution in [-0.2, 0) is 19.1 Å². The Bertz CT molecular complexity index is 770. The fourth-order valence-corrected chi connectivity index (χ4v) is 5.89. The van der Waals surface area contributed by atoms with E-state index in [9.17, 15) is 9.59 Å². The zero-order valence-corrected chi connectivity index (χ0v) is 32.4. The van der Waals surface area contributed by atoms with Crippen LogP contribution in [0.5, 0.6) is 0 Å². The predicted octanol–water partition coefficient (Wildman–Crippen LogP) is 10.1. The summed E-state index contributed by atoms with van der Waals surface area (Å²) in [7, 11) is 0. The van der Waals surface area contributed by atoms with Crippen LogP contribution in [0.4, 0.5) is 0 Å². The Balaban J connectivity index is 0. The molecule has 0 aromatic carbocycles. The molecule has 0 bridgehead atoms. The summed E-state index contributed by atoms with van der Waals surface area (Å²) in [6, 6.07) is -0.639. The van der Waals surface area contributed by atoms with Crippen LogP contribution in [0.3, 0.4) is 0 Å². The molecule has 1 atom stereocenters. The van der Waals surface area contributed by atoms with Gasteiger partial charge in [-0.05, 0) is 25.7 Å². The molecule has 0 aliphatic heterocycles. The average molecular weight is 697 g/mol. The first-order chi connectivity index (χ1) is 23.7. The number of aliphatic carboxylic acids is 1. The Kier molecular flexibility index (Phi) is 39.9. The van der Waals surface area contributed by atoms with Crippen LogP contribution in [-0.4, -0.2) is 48.1 Å². The van der Waals surface area contributed by atoms with Crippen molar-refractivity contribution in [2.24, 2.45) is 16.5 Å². The van der Waals surface area contributed by atoms with E-state index in [1.165, 1.54) is 148 Å². The van der Waals surface area contributed by atoms with Crippen LogP contribution in [0.1, 0.15) is 213 Å². The zero-order valence-electron chi connectivity index (χ0n) is 32.4. The van der Waals surface area contributed by atoms with Gasteiger partial charge in [-0.3, -0.25) is 14.6 Å². The highest BCUT2D eigenvalue weighted by atomic mass is 16.5. The second-order valence-electron chi connectivity index (χ2n) is 13.8. The molecule has 0 aromatic heterocycles. The molecule has 0 saturated heterocycles. The topological polar surface area (TPSA) is 157 Å². The third kappa shape index (κ3) is 43.7. The molecule has 0 fully saturated rings. The number of carbonyl (C=O) groups is 3. The van der Waals surface area contributed by atoms with Gasteiger partial charge in [0.1, 0.15) is 6.04 Å². The molecule has 9 heteroatoms. The van der Waals surface area contributed by atoms with Crippen LogP contribution < -0.4 is 16.8 Å². The number of carboxylic acid groups (broad SMARTS) is 1. The predicted molar refractivity (Wildman–Crippen MR) is 207 cm³/mol. The number of amides is 1. The van der Waals surface area contributed by atoms with E-state index in [1.807, 2.05) is 0 Å². The number of rotatable bonds is 35. The van der Waals surface area contributed by atoms with Gasteiger partial charge in [-0.1, -0.05) is 174 Å². The number of nitrogens with two attached hydrogens (primary N) is 2. The summed E-state index contributed by atoms with van der Waals surface area (Å²) in [6.07, 6.45) is 36.2. The van der Waals surface area contributed by atoms with Gasteiger partial charge in [0, 0.05) is 19.9 Å². The molecule has 49 heavy (non-hydrogen) atoms. The molecule has 9 nitrogen and oxygen atoms in total. The molecule has 0 unspecified atom stereocenters. The van der Waals surface area contributed by atoms with Gasteiger partial charge in [0.15, 0.2) is 5.96 Å². The Morgan fingerprint density at radius 1 is 0.592 bits per heavy atom. The van der Waals surface area contributed by atoms with E-state index in [0.717, 1.165) is 32.6 Å². The smallest absolute Gasteiger partial charge is 0.328 e. The third-order valence-electron chi connectivity index (χ3n) is 8.81. The first kappa shape index (κ1) is 48.8. The second kappa shape index (κ2) is 40.1. The Labute approximate surface area is 301 Å². The largest absolute Gasteiger partial charge is 0.481 e. The molecule has 0 radical (unpaired) electrons. The van der Waals surface area contributed by atoms with Crippen molar-refractivity contribution in [3.8, 4) is 0 Å². The van der Waals surface area contributed by atoms with Crippen LogP contribution in [0.15, 0.2) is 4.99 Å². The minimum atomic E-state index is -0.833. The van der Waals surface area contributed by atoms with Crippen molar-refractivity contribution in [3.63, 3.8) is 0 Å². The molecule has 0 aliphatic carbocycles. The minimum absolute atomic E-state index is 0.0402. The summed E-state index contributed by atoms with van der Waals surface area (Å²) in [5.74, 6) is -1.20. The summed E-state index contributed by atoms with van der Waals surface area (Å²) in [5.41, 5.74) is 10.9. The van der Waals surface area contributed by atoms with E-state index >= 15 is 0 Å². The van der Waals surface area contributed by atoms with Crippen molar-refractivity contribution in [1.29, 1.82) is 0 Å². The van der Waals surface area contributed by atoms with Gasteiger partial charge in [-0.25, -0.2) is 4.79 Å². The molecule has 6 N–H and O–H groups in total. The molecule has 0 aliphatic rings. The van der Waals surface area contributed by atoms with Gasteiger partial charge in [0.05, 0.1) is 6.61 Å². The van der Waals surface area contributed by atoms with E-state index < -0.39 is 12.0 Å². The lowest BCUT2D eigenvalue weighted by Crippen LogP contribution is -2.42. The molecular weight excluding hydrogens is 616 g/mol. The number of aliphatic imine (C=N–C) groups is 1. The van der Waals surface area contributed by atoms with Crippen molar-refractivity contribution in [3.05, 3.63) is 0 Å². The minimum Gasteiger partial charge on any atom is -0.481 e. The number of esters is 1. The van der Waals surface area contributed by atoms with Crippen molar-refractivity contribution in [1.82, 2.24) is 5.32 Å². The number of carboxylic acids is 1. The third-order valence-corrected chi connectivity index (χ3v) is 8.81. The quantitative estimate of drug-likeness (QED) is 0.0222. The van der Waals surface area contributed by atoms with Crippen molar-refractivity contribution in [2.45, 2.75) is 219 Å². The van der Waals surface area contributed by atoms with E-state index in [0.29, 0.717) is 32.4 Å². The standard InChI is InChI=1S/C38H76N4O3.C2H4O2/c1-3-5-7-9-11-13-15-17-19-21-23-25-27-29-34-45-37(44)35(31-30-33-41-38(39)40)42-36(43)32-28-26-24-22-20-18-16-14-12-10-8-6-4-2;1-2(3)4/h35H,3-34H2,1-2H3,(H,42,43)(H4,39,40,41);1H3,(H,3,4)/t35-;/m0./s1. The highest BCUT2D eigenvalue weighted by Gasteiger charge is 2.21. The fourth-order valence-electron chi connectivity index (χ4n) is 5.89. The van der Waals surface area contributed by atoms with E-state index in [4.69, 9.17) is 26.1 Å². The molecule has 0 spiro atoms. The number of hydrogen-bond donors (Lipinski definition) is 4. The normalized spacial score (nSPS) is 11.3. The number of nitrogens with zero attached hydrogens (tertiary/aromatic N) is 1. The maximum atomic E-state index is 12.8. The maximum absolute atomic E-state index is 12.8. The summed E-state index contributed by atoms with van der Waals surface area (Å²) >= 11 is 0. The molecule has 0 rings (SSSR count). The van der Waals surface area contributed by atoms with Crippen molar-refractivity contribution < 1.29 is 24.2 Å². The molecular formula is C40H80N4O5. The van der Waals surface area contributed by atoms with E-state index in [-0.39, 0.29) is 17.8 Å². The molecule has 0 heterocycles. The van der Waals surface area contributed by atoms with Gasteiger partial charge in [0.2, 0.25) is 5.91 Å². The first-order valence-electron chi connectivity index (χ1n) is 20.4. The monoisotopic (exact) mass is 697 g/mol. The average Bonchev–Trinajstić information content (AvgIpc) is 3.06. The Hall–Kier alpha value is -2.32. The second-order valence-corrected chi connectivity index (χ2v) is 13.8. The highest BCUT2D eigenvalue weighted by Crippen LogP contribution is 2.15. The lowest BCUT2D eigenvalue weighted by molar-refractivity contribution is -0.148. The van der Waals surface area contributed by atoms with Gasteiger partial charge in [0.25, 0.3) is 5.97 Å². The molecule has 0 aromatic rings. The zero-order chi connectivity index (χ0) is 36.6. The van der Waals surface area contributed by atoms with Crippen molar-refractivity contribution >= 4 is 23.8 Å². The number of guanidine groups is 1. The first-order valence-corrected chi connectivity index (χ1v) is 20.4. The maximum Gasteiger partial charge on any atom is 0.328 e. The fraction of sp³-hybridized carbons (Fsp3) is 0.900. The highest BCUT2D eigenvalue weighted by molar-refractivity contribution is 5.84. The number of nitrogens with one attached hydrogen (secondary N) is 1. The lowest BCUT2D eigenvalue weighted by Gasteiger charge is -2.17. The lowest BCUT2D eigenvalue weighted by atomic mass is 10.0. The van der Waals surface area contributed by atoms with Crippen LogP contribution in [0.25, 0.3) is 0 Å². The summed E-state index contributed by atoms with van der Waals surface area (Å²) in [4.78, 5) is 38.4. The van der Waals surface area contributed by atoms with Crippen LogP contribution >= 0.6 is 0 Å². The van der Waals surface area contributed by atoms with Crippen LogP contribution in [0, 0.1) is 0 Å². The SMILES string of the molecule is CC(=O)O.CCCCCCCCCCCCCCCCOC(=O)[C@H](CCCN=C(N)N)NC(=O)CCCCCCCCCCCCCCC. The number of unbranched alkanes of at least 4 members (excludes halogenated alkanes) is 25. The van der Waals surface area contributed by atoms with Crippen molar-refractivity contribution in [2.75, 3.05) is 13.2 Å². The van der Waals surface area contributed by atoms with Gasteiger partial charge in [-0.15, -0.1) is 0 Å².